The van der Waals surface area contributed by atoms with Gasteiger partial charge in [0, 0.05) is 23.0 Å². The SMILES string of the molecule is CCCCN(CC(=O)N1CCc2sccc2C1c1ccc(Cl)cc1)C(=O)COCc1ccccc1. The maximum absolute atomic E-state index is 13.6. The van der Waals surface area contributed by atoms with E-state index in [-0.39, 0.29) is 31.0 Å². The molecule has 0 N–H and O–H groups in total. The van der Waals surface area contributed by atoms with Crippen molar-refractivity contribution >= 4 is 34.8 Å². The lowest BCUT2D eigenvalue weighted by molar-refractivity contribution is -0.144. The molecule has 7 heteroatoms. The number of carbonyl (C=O) groups excluding carboxylic acids is 2. The van der Waals surface area contributed by atoms with Crippen LogP contribution in [0.4, 0.5) is 0 Å². The molecule has 0 radical (unpaired) electrons. The summed E-state index contributed by atoms with van der Waals surface area (Å²) in [5.41, 5.74) is 3.21. The van der Waals surface area contributed by atoms with E-state index < -0.39 is 0 Å². The van der Waals surface area contributed by atoms with Crippen molar-refractivity contribution in [1.29, 1.82) is 0 Å². The van der Waals surface area contributed by atoms with E-state index in [0.29, 0.717) is 24.7 Å². The quantitative estimate of drug-likeness (QED) is 0.350. The lowest BCUT2D eigenvalue weighted by Crippen LogP contribution is -2.47. The highest BCUT2D eigenvalue weighted by Crippen LogP contribution is 2.38. The van der Waals surface area contributed by atoms with Gasteiger partial charge in [0.2, 0.25) is 11.8 Å². The topological polar surface area (TPSA) is 49.9 Å². The molecule has 0 bridgehead atoms. The molecule has 0 saturated heterocycles. The number of unbranched alkanes of at least 4 members (excludes halogenated alkanes) is 1. The maximum atomic E-state index is 13.6. The van der Waals surface area contributed by atoms with Gasteiger partial charge >= 0.3 is 0 Å². The van der Waals surface area contributed by atoms with Crippen LogP contribution in [-0.2, 0) is 27.4 Å². The summed E-state index contributed by atoms with van der Waals surface area (Å²) >= 11 is 7.86. The lowest BCUT2D eigenvalue weighted by atomic mass is 9.93. The molecule has 2 aromatic carbocycles. The number of carbonyl (C=O) groups is 2. The van der Waals surface area contributed by atoms with Gasteiger partial charge in [-0.3, -0.25) is 9.59 Å². The number of thiophene rings is 1. The van der Waals surface area contributed by atoms with Crippen LogP contribution in [0, 0.1) is 0 Å². The molecule has 1 aliphatic rings. The average Bonchev–Trinajstić information content (AvgIpc) is 3.36. The van der Waals surface area contributed by atoms with Gasteiger partial charge in [-0.25, -0.2) is 0 Å². The molecular formula is C28H31ClN2O3S. The van der Waals surface area contributed by atoms with Crippen LogP contribution in [0.3, 0.4) is 0 Å². The molecule has 1 unspecified atom stereocenters. The minimum atomic E-state index is -0.174. The Morgan fingerprint density at radius 2 is 1.89 bits per heavy atom. The molecule has 0 aliphatic carbocycles. The molecule has 1 atom stereocenters. The van der Waals surface area contributed by atoms with Gasteiger partial charge in [-0.15, -0.1) is 11.3 Å². The van der Waals surface area contributed by atoms with Gasteiger partial charge in [-0.2, -0.15) is 0 Å². The Balaban J connectivity index is 1.46. The predicted octanol–water partition coefficient (Wildman–Crippen LogP) is 5.72. The van der Waals surface area contributed by atoms with Crippen LogP contribution in [0.2, 0.25) is 5.02 Å². The molecular weight excluding hydrogens is 480 g/mol. The zero-order valence-electron chi connectivity index (χ0n) is 20.0. The molecule has 0 saturated carbocycles. The van der Waals surface area contributed by atoms with Crippen LogP contribution in [0.25, 0.3) is 0 Å². The van der Waals surface area contributed by atoms with Crippen LogP contribution >= 0.6 is 22.9 Å². The van der Waals surface area contributed by atoms with E-state index in [2.05, 4.69) is 18.4 Å². The van der Waals surface area contributed by atoms with Gasteiger partial charge in [0.05, 0.1) is 19.2 Å². The largest absolute Gasteiger partial charge is 0.367 e. The number of hydrogen-bond donors (Lipinski definition) is 0. The van der Waals surface area contributed by atoms with Gasteiger partial charge in [-0.1, -0.05) is 67.4 Å². The third-order valence-electron chi connectivity index (χ3n) is 6.27. The molecule has 1 aliphatic heterocycles. The first-order valence-corrected chi connectivity index (χ1v) is 13.3. The minimum Gasteiger partial charge on any atom is -0.367 e. The Hall–Kier alpha value is -2.67. The third kappa shape index (κ3) is 6.51. The van der Waals surface area contributed by atoms with Crippen LogP contribution in [-0.4, -0.2) is 47.9 Å². The number of ether oxygens (including phenoxy) is 1. The van der Waals surface area contributed by atoms with E-state index in [9.17, 15) is 9.59 Å². The second-order valence-electron chi connectivity index (χ2n) is 8.74. The number of halogens is 1. The predicted molar refractivity (Wildman–Crippen MR) is 141 cm³/mol. The summed E-state index contributed by atoms with van der Waals surface area (Å²) in [4.78, 5) is 31.5. The number of amides is 2. The molecule has 2 amide bonds. The summed E-state index contributed by atoms with van der Waals surface area (Å²) in [6.07, 6.45) is 2.61. The van der Waals surface area contributed by atoms with Crippen molar-refractivity contribution in [2.24, 2.45) is 0 Å². The van der Waals surface area contributed by atoms with Crippen molar-refractivity contribution in [3.63, 3.8) is 0 Å². The second-order valence-corrected chi connectivity index (χ2v) is 10.2. The van der Waals surface area contributed by atoms with Gasteiger partial charge in [0.1, 0.15) is 6.61 Å². The van der Waals surface area contributed by atoms with Gasteiger partial charge in [-0.05, 0) is 53.1 Å². The molecule has 35 heavy (non-hydrogen) atoms. The third-order valence-corrected chi connectivity index (χ3v) is 7.52. The van der Waals surface area contributed by atoms with Gasteiger partial charge < -0.3 is 14.5 Å². The van der Waals surface area contributed by atoms with Crippen molar-refractivity contribution in [3.05, 3.63) is 92.6 Å². The van der Waals surface area contributed by atoms with Gasteiger partial charge in [0.25, 0.3) is 0 Å². The Morgan fingerprint density at radius 1 is 1.11 bits per heavy atom. The molecule has 5 nitrogen and oxygen atoms in total. The first-order chi connectivity index (χ1) is 17.1. The Morgan fingerprint density at radius 3 is 2.63 bits per heavy atom. The summed E-state index contributed by atoms with van der Waals surface area (Å²) < 4.78 is 5.68. The second kappa shape index (κ2) is 12.3. The molecule has 1 aromatic heterocycles. The highest BCUT2D eigenvalue weighted by Gasteiger charge is 2.33. The molecule has 3 aromatic rings. The number of nitrogens with zero attached hydrogens (tertiary/aromatic N) is 2. The maximum Gasteiger partial charge on any atom is 0.249 e. The smallest absolute Gasteiger partial charge is 0.249 e. The van der Waals surface area contributed by atoms with Crippen molar-refractivity contribution in [2.75, 3.05) is 26.2 Å². The fraction of sp³-hybridized carbons (Fsp3) is 0.357. The highest BCUT2D eigenvalue weighted by atomic mass is 35.5. The van der Waals surface area contributed by atoms with E-state index in [4.69, 9.17) is 16.3 Å². The van der Waals surface area contributed by atoms with Crippen molar-refractivity contribution in [2.45, 2.75) is 38.8 Å². The zero-order valence-corrected chi connectivity index (χ0v) is 21.6. The molecule has 2 heterocycles. The van der Waals surface area contributed by atoms with Crippen LogP contribution < -0.4 is 0 Å². The van der Waals surface area contributed by atoms with Crippen molar-refractivity contribution < 1.29 is 14.3 Å². The van der Waals surface area contributed by atoms with Crippen LogP contribution in [0.15, 0.2) is 66.0 Å². The molecule has 0 spiro atoms. The standard InChI is InChI=1S/C28H31ClN2O3S/c1-2-3-15-30(27(33)20-34-19-21-7-5-4-6-8-21)18-26(32)31-16-13-25-24(14-17-35-25)28(31)22-9-11-23(29)12-10-22/h4-12,14,17,28H,2-3,13,15-16,18-20H2,1H3. The normalized spacial score (nSPS) is 15.0. The Kier molecular flexibility index (Phi) is 8.96. The van der Waals surface area contributed by atoms with E-state index in [1.807, 2.05) is 59.5 Å². The fourth-order valence-electron chi connectivity index (χ4n) is 4.41. The number of rotatable bonds is 10. The van der Waals surface area contributed by atoms with Crippen molar-refractivity contribution in [3.8, 4) is 0 Å². The summed E-state index contributed by atoms with van der Waals surface area (Å²) in [7, 11) is 0. The average molecular weight is 511 g/mol. The highest BCUT2D eigenvalue weighted by molar-refractivity contribution is 7.10. The number of fused-ring (bicyclic) bond motifs is 1. The number of benzene rings is 2. The minimum absolute atomic E-state index is 0.0405. The van der Waals surface area contributed by atoms with E-state index in [0.717, 1.165) is 36.0 Å². The van der Waals surface area contributed by atoms with Crippen LogP contribution in [0.5, 0.6) is 0 Å². The van der Waals surface area contributed by atoms with Gasteiger partial charge in [0.15, 0.2) is 0 Å². The van der Waals surface area contributed by atoms with Crippen molar-refractivity contribution in [1.82, 2.24) is 9.80 Å². The molecule has 184 valence electrons. The lowest BCUT2D eigenvalue weighted by Gasteiger charge is -2.37. The summed E-state index contributed by atoms with van der Waals surface area (Å²) in [5, 5.41) is 2.75. The summed E-state index contributed by atoms with van der Waals surface area (Å²) in [6.45, 7) is 3.63. The first-order valence-electron chi connectivity index (χ1n) is 12.1. The molecule has 0 fully saturated rings. The van der Waals surface area contributed by atoms with Crippen LogP contribution in [0.1, 0.15) is 47.4 Å². The summed E-state index contributed by atoms with van der Waals surface area (Å²) in [5.74, 6) is -0.201. The van der Waals surface area contributed by atoms with E-state index in [1.54, 1.807) is 16.2 Å². The zero-order chi connectivity index (χ0) is 24.6. The number of hydrogen-bond acceptors (Lipinski definition) is 4. The Bertz CT molecular complexity index is 1120. The van der Waals surface area contributed by atoms with E-state index >= 15 is 0 Å². The Labute approximate surface area is 216 Å². The fourth-order valence-corrected chi connectivity index (χ4v) is 5.44. The van der Waals surface area contributed by atoms with E-state index in [1.165, 1.54) is 4.88 Å². The monoisotopic (exact) mass is 510 g/mol. The molecule has 4 rings (SSSR count). The first kappa shape index (κ1) is 25.4. The summed E-state index contributed by atoms with van der Waals surface area (Å²) in [6, 6.07) is 19.4.